The van der Waals surface area contributed by atoms with E-state index in [2.05, 4.69) is 144 Å². The van der Waals surface area contributed by atoms with Crippen LogP contribution in [0.5, 0.6) is 11.5 Å². The van der Waals surface area contributed by atoms with Crippen molar-refractivity contribution in [1.29, 1.82) is 0 Å². The lowest BCUT2D eigenvalue weighted by Gasteiger charge is -2.34. The molecule has 4 N–H and O–H groups in total. The summed E-state index contributed by atoms with van der Waals surface area (Å²) in [5.41, 5.74) is 10.1. The molecule has 10 rings (SSSR count). The number of ether oxygens (including phenoxy) is 2. The lowest BCUT2D eigenvalue weighted by molar-refractivity contribution is -0.128. The van der Waals surface area contributed by atoms with Crippen LogP contribution in [0, 0.1) is 11.8 Å². The predicted molar refractivity (Wildman–Crippen MR) is 341 cm³/mol. The van der Waals surface area contributed by atoms with Crippen LogP contribution in [0.15, 0.2) is 146 Å². The van der Waals surface area contributed by atoms with Crippen LogP contribution in [0.25, 0.3) is 22.5 Å². The van der Waals surface area contributed by atoms with Gasteiger partial charge in [0.2, 0.25) is 17.8 Å². The zero-order valence-electron chi connectivity index (χ0n) is 49.6. The third-order valence-electron chi connectivity index (χ3n) is 15.0. The normalized spacial score (nSPS) is 17.0. The Hall–Kier alpha value is -8.60. The van der Waals surface area contributed by atoms with Gasteiger partial charge in [-0.2, -0.15) is 0 Å². The fourth-order valence-corrected chi connectivity index (χ4v) is 10.6. The van der Waals surface area contributed by atoms with Crippen LogP contribution < -0.4 is 30.7 Å². The standard InChI is InChI=1S/C34H41N7O2.C33H41N7O2/c1-3-9-33(42)41-19-17-40(18-20-41)16-8-13-35-29-22-27-23-30(25-29)37-34-36-14-12-32(38-34)28-10-7-11-31(24-28)43-21-6-4-5-15-39(2)26-27;1-3-32(41)40-18-16-39(17-19-40)15-8-12-34-28-21-26-22-29(24-28)36-33-35-13-11-31(37-33)27-9-7-10-30(23-27)42-20-6-4-5-14-38(2)25-26/h4-5,7,10-12,14,22-25,35H,6,8,13,15-21,26H2,1-2H3,(H,36,37,38);3-5,7,9-11,13,21-24,34H,1,6,8,12,14-20,25H2,2H3,(H,35,36,37)/b2*5-4+. The molecule has 4 aliphatic rings. The van der Waals surface area contributed by atoms with Gasteiger partial charge in [0.25, 0.3) is 5.91 Å². The molecule has 0 aliphatic carbocycles. The van der Waals surface area contributed by atoms with E-state index >= 15 is 0 Å². The van der Waals surface area contributed by atoms with E-state index in [9.17, 15) is 9.59 Å². The lowest BCUT2D eigenvalue weighted by Crippen LogP contribution is -2.48. The monoisotopic (exact) mass is 1150 g/mol. The van der Waals surface area contributed by atoms with Gasteiger partial charge >= 0.3 is 0 Å². The first-order chi connectivity index (χ1) is 41.6. The molecule has 2 fully saturated rings. The molecule has 85 heavy (non-hydrogen) atoms. The molecule has 0 saturated carbocycles. The van der Waals surface area contributed by atoms with Crippen molar-refractivity contribution in [3.63, 3.8) is 0 Å². The van der Waals surface area contributed by atoms with E-state index in [1.807, 2.05) is 70.5 Å². The molecule has 0 unspecified atom stereocenters. The summed E-state index contributed by atoms with van der Waals surface area (Å²) in [6, 6.07) is 32.9. The second kappa shape index (κ2) is 31.9. The number of fused-ring (bicyclic) bond motifs is 14. The van der Waals surface area contributed by atoms with Crippen molar-refractivity contribution in [1.82, 2.24) is 49.3 Å². The second-order valence-corrected chi connectivity index (χ2v) is 21.7. The number of rotatable bonds is 11. The van der Waals surface area contributed by atoms with E-state index in [1.165, 1.54) is 17.2 Å². The summed E-state index contributed by atoms with van der Waals surface area (Å²) < 4.78 is 12.0. The largest absolute Gasteiger partial charge is 0.493 e. The summed E-state index contributed by atoms with van der Waals surface area (Å²) in [5, 5.41) is 14.1. The van der Waals surface area contributed by atoms with Crippen LogP contribution in [0.2, 0.25) is 0 Å². The molecule has 2 amide bonds. The fourth-order valence-electron chi connectivity index (χ4n) is 10.6. The molecule has 0 radical (unpaired) electrons. The molecule has 444 valence electrons. The number of amides is 2. The van der Waals surface area contributed by atoms with E-state index < -0.39 is 0 Å². The number of carbonyl (C=O) groups is 2. The van der Waals surface area contributed by atoms with Gasteiger partial charge in [-0.3, -0.25) is 29.2 Å². The third kappa shape index (κ3) is 19.5. The molecule has 12 bridgehead atoms. The molecule has 0 atom stereocenters. The molecule has 6 heterocycles. The Morgan fingerprint density at radius 1 is 0.612 bits per heavy atom. The maximum atomic E-state index is 12.0. The van der Waals surface area contributed by atoms with Crippen molar-refractivity contribution in [2.75, 3.05) is 140 Å². The van der Waals surface area contributed by atoms with Gasteiger partial charge in [0.05, 0.1) is 24.6 Å². The molecule has 2 saturated heterocycles. The Labute approximate surface area is 502 Å². The Balaban J connectivity index is 0.000000204. The first-order valence-electron chi connectivity index (χ1n) is 29.8. The van der Waals surface area contributed by atoms with E-state index in [4.69, 9.17) is 19.4 Å². The van der Waals surface area contributed by atoms with Crippen molar-refractivity contribution >= 4 is 46.5 Å². The number of hydrogen-bond acceptors (Lipinski definition) is 16. The van der Waals surface area contributed by atoms with Gasteiger partial charge in [-0.25, -0.2) is 19.9 Å². The average Bonchev–Trinajstić information content (AvgIpc) is 3.72. The third-order valence-corrected chi connectivity index (χ3v) is 15.0. The summed E-state index contributed by atoms with van der Waals surface area (Å²) in [6.45, 7) is 20.2. The summed E-state index contributed by atoms with van der Waals surface area (Å²) >= 11 is 0. The van der Waals surface area contributed by atoms with Crippen molar-refractivity contribution < 1.29 is 19.1 Å². The van der Waals surface area contributed by atoms with Crippen LogP contribution in [0.3, 0.4) is 0 Å². The highest BCUT2D eigenvalue weighted by Gasteiger charge is 2.21. The van der Waals surface area contributed by atoms with Gasteiger partial charge in [-0.05, 0) is 156 Å². The van der Waals surface area contributed by atoms with Gasteiger partial charge < -0.3 is 40.5 Å². The molecule has 4 aliphatic heterocycles. The van der Waals surface area contributed by atoms with E-state index in [1.54, 1.807) is 19.3 Å². The number of benzene rings is 4. The molecule has 18 heteroatoms. The number of aromatic nitrogens is 4. The molecule has 2 aromatic heterocycles. The van der Waals surface area contributed by atoms with Crippen LogP contribution >= 0.6 is 0 Å². The average molecular weight is 1150 g/mol. The molecular formula is C67H82N14O4. The van der Waals surface area contributed by atoms with E-state index in [0.29, 0.717) is 25.1 Å². The van der Waals surface area contributed by atoms with Crippen LogP contribution in [0.4, 0.5) is 34.6 Å². The Morgan fingerprint density at radius 2 is 1.09 bits per heavy atom. The quantitative estimate of drug-likeness (QED) is 0.0418. The smallest absolute Gasteiger partial charge is 0.298 e. The van der Waals surface area contributed by atoms with E-state index in [-0.39, 0.29) is 11.8 Å². The lowest BCUT2D eigenvalue weighted by atomic mass is 10.1. The molecule has 6 aromatic rings. The van der Waals surface area contributed by atoms with Crippen molar-refractivity contribution in [2.45, 2.75) is 45.7 Å². The Morgan fingerprint density at radius 3 is 1.56 bits per heavy atom. The molecular weight excluding hydrogens is 1060 g/mol. The predicted octanol–water partition coefficient (Wildman–Crippen LogP) is 9.42. The van der Waals surface area contributed by atoms with Gasteiger partial charge in [0, 0.05) is 138 Å². The highest BCUT2D eigenvalue weighted by Crippen LogP contribution is 2.29. The first kappa shape index (κ1) is 61.0. The van der Waals surface area contributed by atoms with Crippen molar-refractivity contribution in [3.8, 4) is 45.9 Å². The number of piperazine rings is 2. The number of nitrogens with zero attached hydrogens (tertiary/aromatic N) is 10. The summed E-state index contributed by atoms with van der Waals surface area (Å²) in [4.78, 5) is 55.6. The molecule has 0 spiro atoms. The van der Waals surface area contributed by atoms with E-state index in [0.717, 1.165) is 187 Å². The van der Waals surface area contributed by atoms with Crippen molar-refractivity contribution in [2.24, 2.45) is 0 Å². The zero-order valence-corrected chi connectivity index (χ0v) is 49.6. The van der Waals surface area contributed by atoms with Crippen LogP contribution in [0.1, 0.15) is 43.7 Å². The summed E-state index contributed by atoms with van der Waals surface area (Å²) in [7, 11) is 4.26. The minimum Gasteiger partial charge on any atom is -0.493 e. The maximum absolute atomic E-state index is 12.0. The first-order valence-corrected chi connectivity index (χ1v) is 29.8. The van der Waals surface area contributed by atoms with Gasteiger partial charge in [0.15, 0.2) is 0 Å². The number of anilines is 6. The minimum absolute atomic E-state index is 0.0254. The maximum Gasteiger partial charge on any atom is 0.298 e. The number of likely N-dealkylation sites (N-methyl/N-ethyl adjacent to an activating group) is 2. The Bertz CT molecular complexity index is 3290. The molecule has 18 nitrogen and oxygen atoms in total. The second-order valence-electron chi connectivity index (χ2n) is 21.7. The summed E-state index contributed by atoms with van der Waals surface area (Å²) in [6.07, 6.45) is 17.5. The highest BCUT2D eigenvalue weighted by atomic mass is 16.5. The van der Waals surface area contributed by atoms with Gasteiger partial charge in [0.1, 0.15) is 11.5 Å². The van der Waals surface area contributed by atoms with Crippen LogP contribution in [-0.2, 0) is 22.7 Å². The van der Waals surface area contributed by atoms with Crippen LogP contribution in [-0.4, -0.2) is 180 Å². The van der Waals surface area contributed by atoms with Gasteiger partial charge in [-0.15, -0.1) is 0 Å². The number of carbonyl (C=O) groups excluding carboxylic acids is 2. The highest BCUT2D eigenvalue weighted by molar-refractivity contribution is 5.93. The van der Waals surface area contributed by atoms with Crippen molar-refractivity contribution in [3.05, 3.63) is 158 Å². The topological polar surface area (TPSA) is 172 Å². The molecule has 4 aromatic carbocycles. The number of nitrogens with one attached hydrogen (secondary N) is 4. The minimum atomic E-state index is -0.0649. The zero-order chi connectivity index (χ0) is 59.0. The Kier molecular flexibility index (Phi) is 22.9. The fraction of sp³-hybridized carbons (Fsp3) is 0.373. The number of hydrogen-bond donors (Lipinski definition) is 4. The van der Waals surface area contributed by atoms with Gasteiger partial charge in [-0.1, -0.05) is 61.1 Å². The SMILES string of the molecule is C=CC(=O)N1CCN(CCCNc2cc3cc(c2)Nc2nccc(n2)-c2cccc(c2)OCC/C=C/CN(C)C3)CC1.CC#CC(=O)N1CCN(CCCNc2cc3cc(c2)Nc2nccc(n2)-c2cccc(c2)OCC/C=C/CN(C)C3)CC1. The summed E-state index contributed by atoms with van der Waals surface area (Å²) in [5.74, 6) is 8.08.